The van der Waals surface area contributed by atoms with Crippen LogP contribution in [0, 0.1) is 5.82 Å². The molecule has 1 aromatic heterocycles. The number of hydrogen-bond donors (Lipinski definition) is 0. The van der Waals surface area contributed by atoms with Crippen LogP contribution in [0.25, 0.3) is 5.69 Å². The summed E-state index contributed by atoms with van der Waals surface area (Å²) < 4.78 is 104. The molecule has 0 amide bonds. The lowest BCUT2D eigenvalue weighted by Gasteiger charge is -2.19. The zero-order valence-corrected chi connectivity index (χ0v) is 19.9. The van der Waals surface area contributed by atoms with E-state index in [2.05, 4.69) is 25.4 Å². The molecule has 9 nitrogen and oxygen atoms in total. The van der Waals surface area contributed by atoms with Gasteiger partial charge in [-0.05, 0) is 22.0 Å². The predicted octanol–water partition coefficient (Wildman–Crippen LogP) is 3.02. The van der Waals surface area contributed by atoms with Crippen molar-refractivity contribution in [2.45, 2.75) is 30.8 Å². The monoisotopic (exact) mass is 606 g/mol. The minimum Gasteiger partial charge on any atom is -0.474 e. The number of alkyl halides is 6. The Morgan fingerprint density at radius 1 is 1.05 bits per heavy atom. The van der Waals surface area contributed by atoms with Crippen molar-refractivity contribution in [1.82, 2.24) is 9.13 Å². The number of rotatable bonds is 7. The number of carbonyl (C=O) groups excluding carboxylic acids is 2. The van der Waals surface area contributed by atoms with Crippen molar-refractivity contribution in [2.24, 2.45) is 7.05 Å². The summed E-state index contributed by atoms with van der Waals surface area (Å²) in [4.78, 5) is 48.5. The summed E-state index contributed by atoms with van der Waals surface area (Å²) in [5.41, 5.74) is -7.12. The summed E-state index contributed by atoms with van der Waals surface area (Å²) in [5, 5.41) is 0. The third kappa shape index (κ3) is 6.31. The van der Waals surface area contributed by atoms with Crippen LogP contribution in [0.5, 0.6) is 5.75 Å². The number of halogens is 8. The van der Waals surface area contributed by atoms with Gasteiger partial charge in [0, 0.05) is 32.0 Å². The van der Waals surface area contributed by atoms with Crippen LogP contribution in [0.2, 0.25) is 0 Å². The number of benzene rings is 1. The van der Waals surface area contributed by atoms with Crippen LogP contribution in [0.1, 0.15) is 18.5 Å². The predicted molar refractivity (Wildman–Crippen MR) is 111 cm³/mol. The Kier molecular flexibility index (Phi) is 7.49. The van der Waals surface area contributed by atoms with Gasteiger partial charge in [-0.3, -0.25) is 9.36 Å². The molecule has 202 valence electrons. The maximum atomic E-state index is 14.7. The van der Waals surface area contributed by atoms with Crippen LogP contribution < -0.4 is 16.0 Å². The number of aromatic nitrogens is 2. The molecule has 1 fully saturated rings. The highest BCUT2D eigenvalue weighted by molar-refractivity contribution is 9.10. The molecule has 0 bridgehead atoms. The lowest BCUT2D eigenvalue weighted by Crippen LogP contribution is -2.41. The molecule has 1 saturated carbocycles. The van der Waals surface area contributed by atoms with Crippen LogP contribution in [-0.2, 0) is 32.3 Å². The first-order valence-electron chi connectivity index (χ1n) is 9.93. The number of ether oxygens (including phenoxy) is 3. The van der Waals surface area contributed by atoms with Crippen molar-refractivity contribution in [3.05, 3.63) is 55.0 Å². The molecule has 37 heavy (non-hydrogen) atoms. The molecule has 0 radical (unpaired) electrons. The van der Waals surface area contributed by atoms with Crippen molar-refractivity contribution in [3.63, 3.8) is 0 Å². The molecule has 2 aromatic rings. The summed E-state index contributed by atoms with van der Waals surface area (Å²) >= 11 is 2.96. The van der Waals surface area contributed by atoms with Crippen LogP contribution in [0.3, 0.4) is 0 Å². The molecular formula is C20H14BrF7N2O7. The third-order valence-corrected chi connectivity index (χ3v) is 5.57. The van der Waals surface area contributed by atoms with Gasteiger partial charge < -0.3 is 14.2 Å². The largest absolute Gasteiger partial charge is 0.474 e. The van der Waals surface area contributed by atoms with E-state index in [1.54, 1.807) is 0 Å². The topological polar surface area (TPSA) is 106 Å². The third-order valence-electron chi connectivity index (χ3n) is 4.95. The Morgan fingerprint density at radius 2 is 1.68 bits per heavy atom. The van der Waals surface area contributed by atoms with Gasteiger partial charge in [-0.15, -0.1) is 0 Å². The summed E-state index contributed by atoms with van der Waals surface area (Å²) in [7, 11) is 0.726. The Hall–Kier alpha value is -3.37. The zero-order valence-electron chi connectivity index (χ0n) is 18.3. The van der Waals surface area contributed by atoms with Gasteiger partial charge in [-0.2, -0.15) is 26.3 Å². The van der Waals surface area contributed by atoms with Gasteiger partial charge in [0.15, 0.2) is 13.2 Å². The maximum Gasteiger partial charge on any atom is 0.431 e. The Labute approximate surface area is 209 Å². The summed E-state index contributed by atoms with van der Waals surface area (Å²) in [6.07, 6.45) is -9.82. The van der Waals surface area contributed by atoms with Gasteiger partial charge >= 0.3 is 30.0 Å². The van der Waals surface area contributed by atoms with Crippen molar-refractivity contribution in [2.75, 3.05) is 13.2 Å². The van der Waals surface area contributed by atoms with Gasteiger partial charge in [0.05, 0.1) is 10.2 Å². The Balaban J connectivity index is 1.86. The molecule has 3 rings (SSSR count). The number of hydrogen-bond acceptors (Lipinski definition) is 7. The normalized spacial score (nSPS) is 14.7. The van der Waals surface area contributed by atoms with Crippen LogP contribution >= 0.6 is 15.9 Å². The van der Waals surface area contributed by atoms with E-state index in [-0.39, 0.29) is 38.3 Å². The van der Waals surface area contributed by atoms with Gasteiger partial charge in [-0.1, -0.05) is 0 Å². The first-order valence-corrected chi connectivity index (χ1v) is 10.7. The standard InChI is InChI=1S/C20H14BrF7N2O7/c1-29-13(20(26,27)28)6-14(31)30(17(29)34)11-5-12(9(21)4-10(11)22)37-18(2-3-18)16(33)35-7-15(32)36-8-19(23,24)25/h4-6H,2-3,7-8H2,1H3. The highest BCUT2D eigenvalue weighted by Crippen LogP contribution is 2.44. The quantitative estimate of drug-likeness (QED) is 0.352. The molecule has 1 aliphatic carbocycles. The lowest BCUT2D eigenvalue weighted by atomic mass is 10.2. The van der Waals surface area contributed by atoms with E-state index >= 15 is 0 Å². The second kappa shape index (κ2) is 9.83. The molecule has 0 atom stereocenters. The van der Waals surface area contributed by atoms with Crippen LogP contribution in [0.15, 0.2) is 32.3 Å². The minimum atomic E-state index is -5.05. The summed E-state index contributed by atoms with van der Waals surface area (Å²) in [6.45, 7) is -3.05. The fourth-order valence-electron chi connectivity index (χ4n) is 3.02. The average Bonchev–Trinajstić information content (AvgIpc) is 3.55. The molecule has 0 aliphatic heterocycles. The highest BCUT2D eigenvalue weighted by Gasteiger charge is 2.55. The molecule has 1 aliphatic rings. The lowest BCUT2D eigenvalue weighted by molar-refractivity contribution is -0.190. The fraction of sp³-hybridized carbons (Fsp3) is 0.400. The molecule has 0 N–H and O–H groups in total. The first-order chi connectivity index (χ1) is 16.9. The maximum absolute atomic E-state index is 14.7. The Bertz CT molecular complexity index is 1360. The number of nitrogens with zero attached hydrogens (tertiary/aromatic N) is 2. The van der Waals surface area contributed by atoms with Crippen LogP contribution in [-0.4, -0.2) is 46.1 Å². The average molecular weight is 607 g/mol. The highest BCUT2D eigenvalue weighted by atomic mass is 79.9. The van der Waals surface area contributed by atoms with E-state index in [1.807, 2.05) is 0 Å². The van der Waals surface area contributed by atoms with Gasteiger partial charge in [0.1, 0.15) is 17.3 Å². The minimum absolute atomic E-state index is 0.00454. The second-order valence-corrected chi connectivity index (χ2v) is 8.58. The smallest absolute Gasteiger partial charge is 0.431 e. The molecule has 17 heteroatoms. The van der Waals surface area contributed by atoms with Gasteiger partial charge in [0.2, 0.25) is 5.60 Å². The van der Waals surface area contributed by atoms with Gasteiger partial charge in [-0.25, -0.2) is 23.3 Å². The fourth-order valence-corrected chi connectivity index (χ4v) is 3.42. The molecule has 0 spiro atoms. The van der Waals surface area contributed by atoms with Crippen molar-refractivity contribution in [3.8, 4) is 11.4 Å². The molecule has 0 unspecified atom stereocenters. The van der Waals surface area contributed by atoms with E-state index < -0.39 is 71.6 Å². The van der Waals surface area contributed by atoms with Crippen molar-refractivity contribution >= 4 is 27.9 Å². The first kappa shape index (κ1) is 28.2. The van der Waals surface area contributed by atoms with Crippen molar-refractivity contribution in [1.29, 1.82) is 0 Å². The van der Waals surface area contributed by atoms with Crippen molar-refractivity contribution < 1.29 is 54.5 Å². The van der Waals surface area contributed by atoms with E-state index in [0.717, 1.165) is 19.2 Å². The van der Waals surface area contributed by atoms with E-state index in [9.17, 15) is 49.9 Å². The molecule has 1 heterocycles. The summed E-state index contributed by atoms with van der Waals surface area (Å²) in [5.74, 6) is -4.20. The van der Waals surface area contributed by atoms with Crippen LogP contribution in [0.4, 0.5) is 30.7 Å². The van der Waals surface area contributed by atoms with Gasteiger partial charge in [0.25, 0.3) is 5.56 Å². The molecule has 0 saturated heterocycles. The van der Waals surface area contributed by atoms with E-state index in [0.29, 0.717) is 0 Å². The molecular weight excluding hydrogens is 593 g/mol. The number of esters is 2. The number of carbonyl (C=O) groups is 2. The summed E-state index contributed by atoms with van der Waals surface area (Å²) in [6, 6.07) is 1.60. The SMILES string of the molecule is Cn1c(C(F)(F)F)cc(=O)n(-c2cc(OC3(C(=O)OCC(=O)OCC(F)(F)F)CC3)c(Br)cc2F)c1=O. The molecule has 1 aromatic carbocycles. The Morgan fingerprint density at radius 3 is 2.22 bits per heavy atom. The second-order valence-electron chi connectivity index (χ2n) is 7.72. The van der Waals surface area contributed by atoms with E-state index in [4.69, 9.17) is 4.74 Å². The van der Waals surface area contributed by atoms with E-state index in [1.165, 1.54) is 0 Å². The zero-order chi connectivity index (χ0) is 27.9.